The zero-order chi connectivity index (χ0) is 16.6. The quantitative estimate of drug-likeness (QED) is 0.436. The fourth-order valence-electron chi connectivity index (χ4n) is 2.20. The van der Waals surface area contributed by atoms with Crippen LogP contribution in [-0.2, 0) is 0 Å². The first-order valence-electron chi connectivity index (χ1n) is 6.46. The number of benzene rings is 2. The van der Waals surface area contributed by atoms with Crippen LogP contribution in [0, 0.1) is 4.91 Å². The van der Waals surface area contributed by atoms with Crippen LogP contribution in [-0.4, -0.2) is 16.5 Å². The lowest BCUT2D eigenvalue weighted by atomic mass is 10.1. The van der Waals surface area contributed by atoms with Gasteiger partial charge in [0.1, 0.15) is 17.0 Å². The van der Waals surface area contributed by atoms with Gasteiger partial charge in [-0.15, -0.1) is 4.91 Å². The second-order valence-electron chi connectivity index (χ2n) is 4.79. The molecule has 0 spiro atoms. The maximum atomic E-state index is 12.2. The highest BCUT2D eigenvalue weighted by molar-refractivity contribution is 5.92. The Balaban J connectivity index is 2.28. The fraction of sp³-hybridized carbons (Fsp3) is 0. The summed E-state index contributed by atoms with van der Waals surface area (Å²) in [6.45, 7) is 0. The maximum absolute atomic E-state index is 12.2. The summed E-state index contributed by atoms with van der Waals surface area (Å²) in [4.78, 5) is 33.9. The number of nitroso groups, excluding NO2 is 1. The molecule has 0 radical (unpaired) electrons. The number of aldehydes is 1. The minimum atomic E-state index is -0.422. The highest BCUT2D eigenvalue weighted by Gasteiger charge is 2.12. The highest BCUT2D eigenvalue weighted by Crippen LogP contribution is 2.32. The number of hydrogen-bond acceptors (Lipinski definition) is 7. The van der Waals surface area contributed by atoms with E-state index >= 15 is 0 Å². The topological polar surface area (TPSA) is 117 Å². The summed E-state index contributed by atoms with van der Waals surface area (Å²) in [7, 11) is 0. The molecule has 114 valence electrons. The normalized spacial score (nSPS) is 10.6. The van der Waals surface area contributed by atoms with Gasteiger partial charge in [0.05, 0.1) is 5.39 Å². The summed E-state index contributed by atoms with van der Waals surface area (Å²) in [6.07, 6.45) is 0.432. The van der Waals surface area contributed by atoms with Crippen molar-refractivity contribution in [1.82, 2.24) is 0 Å². The molecule has 0 aliphatic rings. The third kappa shape index (κ3) is 2.44. The lowest BCUT2D eigenvalue weighted by Crippen LogP contribution is -2.01. The first-order chi connectivity index (χ1) is 11.0. The third-order valence-corrected chi connectivity index (χ3v) is 3.36. The molecule has 3 rings (SSSR count). The van der Waals surface area contributed by atoms with Gasteiger partial charge in [0, 0.05) is 23.3 Å². The summed E-state index contributed by atoms with van der Waals surface area (Å²) in [6, 6.07) is 7.58. The summed E-state index contributed by atoms with van der Waals surface area (Å²) in [5.41, 5.74) is -0.120. The van der Waals surface area contributed by atoms with Gasteiger partial charge in [-0.2, -0.15) is 0 Å². The molecule has 0 saturated carbocycles. The Labute approximate surface area is 128 Å². The Hall–Kier alpha value is -3.48. The van der Waals surface area contributed by atoms with Crippen molar-refractivity contribution in [3.63, 3.8) is 0 Å². The van der Waals surface area contributed by atoms with Crippen molar-refractivity contribution in [3.8, 4) is 22.8 Å². The average molecular weight is 311 g/mol. The maximum Gasteiger partial charge on any atom is 0.193 e. The molecule has 0 aliphatic heterocycles. The first kappa shape index (κ1) is 14.5. The molecule has 0 fully saturated rings. The predicted molar refractivity (Wildman–Crippen MR) is 82.1 cm³/mol. The first-order valence-corrected chi connectivity index (χ1v) is 6.46. The van der Waals surface area contributed by atoms with Gasteiger partial charge in [-0.3, -0.25) is 9.59 Å². The van der Waals surface area contributed by atoms with Gasteiger partial charge in [-0.05, 0) is 29.4 Å². The van der Waals surface area contributed by atoms with Gasteiger partial charge in [-0.1, -0.05) is 0 Å². The Morgan fingerprint density at radius 2 is 1.83 bits per heavy atom. The summed E-state index contributed by atoms with van der Waals surface area (Å²) < 4.78 is 5.56. The standard InChI is InChI=1S/C16H9NO6/c18-7-9-3-10-13(20)6-15(23-16(10)5-11(9)17-22)8-1-2-12(19)14(21)4-8/h1-7,19,21H. The molecule has 2 aromatic carbocycles. The summed E-state index contributed by atoms with van der Waals surface area (Å²) in [5, 5.41) is 21.7. The molecule has 7 heteroatoms. The highest BCUT2D eigenvalue weighted by atomic mass is 16.3. The van der Waals surface area contributed by atoms with Crippen molar-refractivity contribution < 1.29 is 19.4 Å². The van der Waals surface area contributed by atoms with E-state index in [1.54, 1.807) is 0 Å². The number of phenols is 2. The van der Waals surface area contributed by atoms with Crippen molar-refractivity contribution in [2.24, 2.45) is 5.18 Å². The van der Waals surface area contributed by atoms with Crippen LogP contribution in [0.15, 0.2) is 50.8 Å². The minimum Gasteiger partial charge on any atom is -0.504 e. The van der Waals surface area contributed by atoms with Crippen molar-refractivity contribution in [2.45, 2.75) is 0 Å². The molecule has 0 saturated heterocycles. The largest absolute Gasteiger partial charge is 0.504 e. The van der Waals surface area contributed by atoms with E-state index in [-0.39, 0.29) is 39.5 Å². The van der Waals surface area contributed by atoms with Crippen LogP contribution in [0.5, 0.6) is 11.5 Å². The van der Waals surface area contributed by atoms with Gasteiger partial charge in [0.2, 0.25) is 0 Å². The number of carbonyl (C=O) groups excluding carboxylic acids is 1. The Morgan fingerprint density at radius 1 is 1.04 bits per heavy atom. The Kier molecular flexibility index (Phi) is 3.38. The van der Waals surface area contributed by atoms with Crippen molar-refractivity contribution >= 4 is 22.9 Å². The Bertz CT molecular complexity index is 1010. The van der Waals surface area contributed by atoms with E-state index in [4.69, 9.17) is 4.42 Å². The predicted octanol–water partition coefficient (Wildman–Crippen LogP) is 3.08. The molecule has 2 N–H and O–H groups in total. The molecule has 23 heavy (non-hydrogen) atoms. The van der Waals surface area contributed by atoms with Crippen molar-refractivity contribution in [3.05, 3.63) is 57.1 Å². The van der Waals surface area contributed by atoms with Gasteiger partial charge >= 0.3 is 0 Å². The average Bonchev–Trinajstić information content (AvgIpc) is 2.56. The van der Waals surface area contributed by atoms with Gasteiger partial charge in [0.25, 0.3) is 0 Å². The summed E-state index contributed by atoms with van der Waals surface area (Å²) >= 11 is 0. The number of aromatic hydroxyl groups is 2. The van der Waals surface area contributed by atoms with Crippen molar-refractivity contribution in [2.75, 3.05) is 0 Å². The monoisotopic (exact) mass is 311 g/mol. The molecule has 0 atom stereocenters. The number of hydrogen-bond donors (Lipinski definition) is 2. The van der Waals surface area contributed by atoms with Crippen molar-refractivity contribution in [1.29, 1.82) is 0 Å². The molecular weight excluding hydrogens is 302 g/mol. The molecule has 0 unspecified atom stereocenters. The number of fused-ring (bicyclic) bond motifs is 1. The van der Waals surface area contributed by atoms with E-state index in [1.165, 1.54) is 36.4 Å². The molecule has 1 heterocycles. The molecule has 0 amide bonds. The molecule has 3 aromatic rings. The van der Waals surface area contributed by atoms with Crippen LogP contribution in [0.4, 0.5) is 5.69 Å². The van der Waals surface area contributed by atoms with Crippen LogP contribution >= 0.6 is 0 Å². The molecule has 0 bridgehead atoms. The number of phenolic OH excluding ortho intramolecular Hbond substituents is 2. The number of rotatable bonds is 3. The third-order valence-electron chi connectivity index (χ3n) is 3.36. The summed E-state index contributed by atoms with van der Waals surface area (Å²) in [5.74, 6) is -0.537. The van der Waals surface area contributed by atoms with E-state index in [0.29, 0.717) is 11.8 Å². The number of carbonyl (C=O) groups is 1. The fourth-order valence-corrected chi connectivity index (χ4v) is 2.20. The molecule has 1 aromatic heterocycles. The van der Waals surface area contributed by atoms with Crippen LogP contribution in [0.1, 0.15) is 10.4 Å². The minimum absolute atomic E-state index is 0.00479. The van der Waals surface area contributed by atoms with E-state index in [1.807, 2.05) is 0 Å². The zero-order valence-electron chi connectivity index (χ0n) is 11.5. The van der Waals surface area contributed by atoms with Crippen LogP contribution < -0.4 is 5.43 Å². The SMILES string of the molecule is O=Cc1cc2c(=O)cc(-c3ccc(O)c(O)c3)oc2cc1N=O. The second-order valence-corrected chi connectivity index (χ2v) is 4.79. The van der Waals surface area contributed by atoms with Crippen LogP contribution in [0.2, 0.25) is 0 Å². The van der Waals surface area contributed by atoms with E-state index in [2.05, 4.69) is 5.18 Å². The smallest absolute Gasteiger partial charge is 0.193 e. The van der Waals surface area contributed by atoms with Crippen LogP contribution in [0.3, 0.4) is 0 Å². The number of nitrogens with zero attached hydrogens (tertiary/aromatic N) is 1. The van der Waals surface area contributed by atoms with Gasteiger partial charge in [0.15, 0.2) is 23.2 Å². The van der Waals surface area contributed by atoms with E-state index in [9.17, 15) is 24.7 Å². The molecule has 0 aliphatic carbocycles. The van der Waals surface area contributed by atoms with Crippen LogP contribution in [0.25, 0.3) is 22.3 Å². The molecule has 7 nitrogen and oxygen atoms in total. The van der Waals surface area contributed by atoms with Gasteiger partial charge < -0.3 is 14.6 Å². The molecular formula is C16H9NO6. The Morgan fingerprint density at radius 3 is 2.48 bits per heavy atom. The second kappa shape index (κ2) is 5.38. The lowest BCUT2D eigenvalue weighted by Gasteiger charge is -2.06. The van der Waals surface area contributed by atoms with Gasteiger partial charge in [-0.25, -0.2) is 0 Å². The lowest BCUT2D eigenvalue weighted by molar-refractivity contribution is 0.112. The zero-order valence-corrected chi connectivity index (χ0v) is 11.5. The van der Waals surface area contributed by atoms with E-state index in [0.717, 1.165) is 0 Å². The van der Waals surface area contributed by atoms with E-state index < -0.39 is 5.43 Å².